The van der Waals surface area contributed by atoms with Gasteiger partial charge in [-0.25, -0.2) is 0 Å². The molecule has 0 aliphatic carbocycles. The van der Waals surface area contributed by atoms with Crippen LogP contribution in [0.3, 0.4) is 0 Å². The highest BCUT2D eigenvalue weighted by molar-refractivity contribution is 7.99. The number of nitrogens with one attached hydrogen (secondary N) is 1. The number of para-hydroxylation sites is 1. The lowest BCUT2D eigenvalue weighted by Crippen LogP contribution is -2.15. The van der Waals surface area contributed by atoms with Crippen LogP contribution in [0, 0.1) is 13.8 Å². The van der Waals surface area contributed by atoms with E-state index in [0.717, 1.165) is 29.0 Å². The zero-order valence-electron chi connectivity index (χ0n) is 14.0. The summed E-state index contributed by atoms with van der Waals surface area (Å²) in [6, 6.07) is 5.64. The van der Waals surface area contributed by atoms with Crippen molar-refractivity contribution in [1.82, 2.24) is 10.2 Å². The quantitative estimate of drug-likeness (QED) is 0.693. The number of nitrogens with two attached hydrogens (primary N) is 1. The standard InChI is InChI=1S/C16H22N4O2S2/c1-10-5-4-6-11(2)14(10)18-13(21)9-24-16-20-19-15(22-16)12(17)7-8-23-3/h4-6,12H,7-9,17H2,1-3H3,(H,18,21)/t12-/m0/s1. The van der Waals surface area contributed by atoms with E-state index in [1.54, 1.807) is 11.8 Å². The minimum Gasteiger partial charge on any atom is -0.414 e. The maximum absolute atomic E-state index is 12.1. The summed E-state index contributed by atoms with van der Waals surface area (Å²) in [6.45, 7) is 3.94. The Hall–Kier alpha value is -1.51. The van der Waals surface area contributed by atoms with Crippen molar-refractivity contribution < 1.29 is 9.21 Å². The van der Waals surface area contributed by atoms with Crippen molar-refractivity contribution in [1.29, 1.82) is 0 Å². The Morgan fingerprint density at radius 2 is 2.04 bits per heavy atom. The summed E-state index contributed by atoms with van der Waals surface area (Å²) >= 11 is 2.93. The first-order chi connectivity index (χ1) is 11.5. The molecular formula is C16H22N4O2S2. The summed E-state index contributed by atoms with van der Waals surface area (Å²) in [7, 11) is 0. The van der Waals surface area contributed by atoms with Gasteiger partial charge in [-0.05, 0) is 43.4 Å². The zero-order valence-corrected chi connectivity index (χ0v) is 15.7. The average molecular weight is 367 g/mol. The third-order valence-corrected chi connectivity index (χ3v) is 4.91. The molecule has 130 valence electrons. The fourth-order valence-corrected chi connectivity index (χ4v) is 3.17. The van der Waals surface area contributed by atoms with Crippen LogP contribution >= 0.6 is 23.5 Å². The largest absolute Gasteiger partial charge is 0.414 e. The van der Waals surface area contributed by atoms with E-state index in [9.17, 15) is 4.79 Å². The fraction of sp³-hybridized carbons (Fsp3) is 0.438. The number of hydrogen-bond donors (Lipinski definition) is 2. The van der Waals surface area contributed by atoms with Crippen LogP contribution in [0.25, 0.3) is 0 Å². The number of carbonyl (C=O) groups is 1. The third-order valence-electron chi connectivity index (χ3n) is 3.44. The van der Waals surface area contributed by atoms with Gasteiger partial charge >= 0.3 is 0 Å². The van der Waals surface area contributed by atoms with Crippen LogP contribution in [0.15, 0.2) is 27.8 Å². The molecule has 0 saturated heterocycles. The number of aromatic nitrogens is 2. The Morgan fingerprint density at radius 3 is 2.71 bits per heavy atom. The number of aryl methyl sites for hydroxylation is 2. The Kier molecular flexibility index (Phi) is 7.14. The second-order valence-electron chi connectivity index (χ2n) is 5.40. The molecule has 0 radical (unpaired) electrons. The van der Waals surface area contributed by atoms with Crippen LogP contribution in [0.1, 0.15) is 29.5 Å². The van der Waals surface area contributed by atoms with E-state index >= 15 is 0 Å². The van der Waals surface area contributed by atoms with Gasteiger partial charge in [-0.1, -0.05) is 30.0 Å². The Bertz CT molecular complexity index is 670. The van der Waals surface area contributed by atoms with Gasteiger partial charge in [-0.2, -0.15) is 11.8 Å². The Balaban J connectivity index is 1.87. The van der Waals surface area contributed by atoms with Crippen LogP contribution < -0.4 is 11.1 Å². The molecule has 1 amide bonds. The molecule has 0 aliphatic rings. The van der Waals surface area contributed by atoms with Gasteiger partial charge in [-0.3, -0.25) is 4.79 Å². The normalized spacial score (nSPS) is 12.2. The first-order valence-corrected chi connectivity index (χ1v) is 9.96. The number of nitrogens with zero attached hydrogens (tertiary/aromatic N) is 2. The van der Waals surface area contributed by atoms with E-state index < -0.39 is 0 Å². The van der Waals surface area contributed by atoms with Crippen LogP contribution in [0.2, 0.25) is 0 Å². The van der Waals surface area contributed by atoms with Gasteiger partial charge in [0.2, 0.25) is 11.8 Å². The molecule has 1 heterocycles. The number of thioether (sulfide) groups is 2. The highest BCUT2D eigenvalue weighted by atomic mass is 32.2. The van der Waals surface area contributed by atoms with E-state index in [-0.39, 0.29) is 17.7 Å². The molecule has 2 aromatic rings. The minimum absolute atomic E-state index is 0.108. The number of hydrogen-bond acceptors (Lipinski definition) is 7. The topological polar surface area (TPSA) is 94.0 Å². The predicted molar refractivity (Wildman–Crippen MR) is 99.5 cm³/mol. The summed E-state index contributed by atoms with van der Waals surface area (Å²) in [5.41, 5.74) is 8.91. The lowest BCUT2D eigenvalue weighted by atomic mass is 10.1. The molecule has 0 bridgehead atoms. The zero-order chi connectivity index (χ0) is 17.5. The molecule has 1 atom stereocenters. The highest BCUT2D eigenvalue weighted by Gasteiger charge is 2.15. The molecule has 3 N–H and O–H groups in total. The van der Waals surface area contributed by atoms with Crippen molar-refractivity contribution >= 4 is 35.1 Å². The summed E-state index contributed by atoms with van der Waals surface area (Å²) in [5.74, 6) is 1.45. The van der Waals surface area contributed by atoms with Gasteiger partial charge < -0.3 is 15.5 Å². The van der Waals surface area contributed by atoms with Crippen molar-refractivity contribution in [2.75, 3.05) is 23.1 Å². The van der Waals surface area contributed by atoms with E-state index in [1.807, 2.05) is 38.3 Å². The Labute approximate surface area is 150 Å². The van der Waals surface area contributed by atoms with Crippen molar-refractivity contribution in [3.05, 3.63) is 35.2 Å². The maximum Gasteiger partial charge on any atom is 0.277 e. The maximum atomic E-state index is 12.1. The predicted octanol–water partition coefficient (Wildman–Crippen LogP) is 3.17. The van der Waals surface area contributed by atoms with Gasteiger partial charge in [0.15, 0.2) is 0 Å². The smallest absolute Gasteiger partial charge is 0.277 e. The summed E-state index contributed by atoms with van der Waals surface area (Å²) in [5, 5.41) is 11.2. The van der Waals surface area contributed by atoms with Crippen LogP contribution in [-0.4, -0.2) is 33.9 Å². The van der Waals surface area contributed by atoms with E-state index in [0.29, 0.717) is 11.1 Å². The van der Waals surface area contributed by atoms with Gasteiger partial charge in [0, 0.05) is 5.69 Å². The van der Waals surface area contributed by atoms with Gasteiger partial charge in [0.1, 0.15) is 0 Å². The van der Waals surface area contributed by atoms with Crippen molar-refractivity contribution in [2.45, 2.75) is 31.5 Å². The molecular weight excluding hydrogens is 344 g/mol. The SMILES string of the molecule is CSCC[C@H](N)c1nnc(SCC(=O)Nc2c(C)cccc2C)o1. The second kappa shape index (κ2) is 9.10. The Morgan fingerprint density at radius 1 is 1.33 bits per heavy atom. The second-order valence-corrected chi connectivity index (χ2v) is 7.31. The first kappa shape index (κ1) is 18.8. The minimum atomic E-state index is -0.261. The highest BCUT2D eigenvalue weighted by Crippen LogP contribution is 2.23. The van der Waals surface area contributed by atoms with Crippen LogP contribution in [0.4, 0.5) is 5.69 Å². The number of anilines is 1. The molecule has 1 aromatic heterocycles. The lowest BCUT2D eigenvalue weighted by molar-refractivity contribution is -0.113. The lowest BCUT2D eigenvalue weighted by Gasteiger charge is -2.10. The number of amides is 1. The third kappa shape index (κ3) is 5.25. The molecule has 0 saturated carbocycles. The molecule has 24 heavy (non-hydrogen) atoms. The summed E-state index contributed by atoms with van der Waals surface area (Å²) in [4.78, 5) is 12.1. The molecule has 6 nitrogen and oxygen atoms in total. The fourth-order valence-electron chi connectivity index (χ4n) is 2.11. The molecule has 2 rings (SSSR count). The average Bonchev–Trinajstić information content (AvgIpc) is 3.03. The molecule has 0 unspecified atom stereocenters. The van der Waals surface area contributed by atoms with Gasteiger partial charge in [0.25, 0.3) is 5.22 Å². The van der Waals surface area contributed by atoms with Crippen molar-refractivity contribution in [3.8, 4) is 0 Å². The van der Waals surface area contributed by atoms with E-state index in [4.69, 9.17) is 10.2 Å². The first-order valence-electron chi connectivity index (χ1n) is 7.58. The molecule has 8 heteroatoms. The summed E-state index contributed by atoms with van der Waals surface area (Å²) < 4.78 is 5.52. The number of benzene rings is 1. The van der Waals surface area contributed by atoms with Crippen LogP contribution in [0.5, 0.6) is 0 Å². The van der Waals surface area contributed by atoms with Crippen molar-refractivity contribution in [2.24, 2.45) is 5.73 Å². The molecule has 0 spiro atoms. The van der Waals surface area contributed by atoms with Gasteiger partial charge in [-0.15, -0.1) is 10.2 Å². The van der Waals surface area contributed by atoms with Crippen molar-refractivity contribution in [3.63, 3.8) is 0 Å². The number of carbonyl (C=O) groups excluding carboxylic acids is 1. The van der Waals surface area contributed by atoms with E-state index in [1.165, 1.54) is 11.8 Å². The van der Waals surface area contributed by atoms with E-state index in [2.05, 4.69) is 15.5 Å². The molecule has 0 fully saturated rings. The number of rotatable bonds is 8. The summed E-state index contributed by atoms with van der Waals surface area (Å²) in [6.07, 6.45) is 2.80. The molecule has 0 aliphatic heterocycles. The van der Waals surface area contributed by atoms with Gasteiger partial charge in [0.05, 0.1) is 11.8 Å². The monoisotopic (exact) mass is 366 g/mol. The van der Waals surface area contributed by atoms with Crippen LogP contribution in [-0.2, 0) is 4.79 Å². The molecule has 1 aromatic carbocycles.